The molecular formula is C9H9ClN4O. The minimum atomic E-state index is -0.0370. The molecule has 1 amide bonds. The van der Waals surface area contributed by atoms with Crippen LogP contribution in [-0.2, 0) is 4.79 Å². The van der Waals surface area contributed by atoms with Crippen molar-refractivity contribution in [3.05, 3.63) is 29.3 Å². The Morgan fingerprint density at radius 1 is 1.33 bits per heavy atom. The van der Waals surface area contributed by atoms with Crippen molar-refractivity contribution >= 4 is 23.2 Å². The van der Waals surface area contributed by atoms with Gasteiger partial charge in [0.25, 0.3) is 0 Å². The van der Waals surface area contributed by atoms with Crippen molar-refractivity contribution in [3.8, 4) is 0 Å². The molecule has 2 rings (SSSR count). The standard InChI is InChI=1S/C9H9ClN4O/c10-7-1-3-8(4-2-7)11-13-14-6-5-9(15)12-14/h1-4H,5-6H2,(H,12,15). The monoisotopic (exact) mass is 224 g/mol. The number of hydrogen-bond acceptors (Lipinski definition) is 3. The minimum Gasteiger partial charge on any atom is -0.273 e. The SMILES string of the molecule is O=C1CCN(N=Nc2ccc(Cl)cc2)N1. The summed E-state index contributed by atoms with van der Waals surface area (Å²) in [7, 11) is 0. The maximum Gasteiger partial charge on any atom is 0.241 e. The van der Waals surface area contributed by atoms with Gasteiger partial charge in [-0.2, -0.15) is 5.12 Å². The molecule has 1 N–H and O–H groups in total. The van der Waals surface area contributed by atoms with Crippen LogP contribution in [0.3, 0.4) is 0 Å². The molecule has 78 valence electrons. The van der Waals surface area contributed by atoms with Crippen LogP contribution in [0.2, 0.25) is 5.02 Å². The van der Waals surface area contributed by atoms with Gasteiger partial charge >= 0.3 is 0 Å². The van der Waals surface area contributed by atoms with Crippen molar-refractivity contribution < 1.29 is 4.79 Å². The van der Waals surface area contributed by atoms with E-state index in [1.54, 1.807) is 24.3 Å². The Balaban J connectivity index is 1.99. The molecule has 0 saturated carbocycles. The highest BCUT2D eigenvalue weighted by molar-refractivity contribution is 6.30. The zero-order chi connectivity index (χ0) is 10.7. The van der Waals surface area contributed by atoms with Crippen molar-refractivity contribution in [3.63, 3.8) is 0 Å². The van der Waals surface area contributed by atoms with E-state index in [2.05, 4.69) is 15.8 Å². The number of carbonyl (C=O) groups excluding carboxylic acids is 1. The highest BCUT2D eigenvalue weighted by Crippen LogP contribution is 2.16. The molecule has 0 aliphatic carbocycles. The molecule has 1 aliphatic rings. The third kappa shape index (κ3) is 2.66. The first-order chi connectivity index (χ1) is 7.24. The summed E-state index contributed by atoms with van der Waals surface area (Å²) in [5.74, 6) is -0.0370. The smallest absolute Gasteiger partial charge is 0.241 e. The molecule has 0 spiro atoms. The maximum atomic E-state index is 10.8. The van der Waals surface area contributed by atoms with E-state index >= 15 is 0 Å². The van der Waals surface area contributed by atoms with Gasteiger partial charge in [0.15, 0.2) is 0 Å². The van der Waals surface area contributed by atoms with Crippen molar-refractivity contribution in [2.24, 2.45) is 10.3 Å². The number of halogens is 1. The Kier molecular flexibility index (Phi) is 2.82. The first-order valence-corrected chi connectivity index (χ1v) is 4.86. The van der Waals surface area contributed by atoms with E-state index in [0.29, 0.717) is 23.7 Å². The van der Waals surface area contributed by atoms with Gasteiger partial charge in [-0.15, -0.1) is 5.11 Å². The number of rotatable bonds is 2. The molecule has 0 atom stereocenters. The predicted octanol–water partition coefficient (Wildman–Crippen LogP) is 2.08. The van der Waals surface area contributed by atoms with E-state index in [4.69, 9.17) is 11.6 Å². The number of hydrazine groups is 1. The number of nitrogens with zero attached hydrogens (tertiary/aromatic N) is 3. The Morgan fingerprint density at radius 2 is 2.07 bits per heavy atom. The lowest BCUT2D eigenvalue weighted by Crippen LogP contribution is -2.27. The topological polar surface area (TPSA) is 57.1 Å². The summed E-state index contributed by atoms with van der Waals surface area (Å²) in [6.45, 7) is 0.552. The Bertz CT molecular complexity index is 390. The van der Waals surface area contributed by atoms with Gasteiger partial charge < -0.3 is 0 Å². The number of hydrogen-bond donors (Lipinski definition) is 1. The molecule has 1 aromatic carbocycles. The number of amides is 1. The van der Waals surface area contributed by atoms with E-state index in [-0.39, 0.29) is 5.91 Å². The van der Waals surface area contributed by atoms with E-state index in [1.165, 1.54) is 5.12 Å². The van der Waals surface area contributed by atoms with Gasteiger partial charge in [-0.1, -0.05) is 16.8 Å². The van der Waals surface area contributed by atoms with Crippen LogP contribution in [0, 0.1) is 0 Å². The van der Waals surface area contributed by atoms with E-state index in [1.807, 2.05) is 0 Å². The summed E-state index contributed by atoms with van der Waals surface area (Å²) < 4.78 is 0. The predicted molar refractivity (Wildman–Crippen MR) is 55.4 cm³/mol. The normalized spacial score (nSPS) is 16.1. The molecule has 5 nitrogen and oxygen atoms in total. The Hall–Kier alpha value is -1.62. The van der Waals surface area contributed by atoms with Gasteiger partial charge in [-0.25, -0.2) is 5.43 Å². The zero-order valence-corrected chi connectivity index (χ0v) is 8.61. The third-order valence-electron chi connectivity index (χ3n) is 1.90. The molecule has 1 aromatic rings. The van der Waals surface area contributed by atoms with Gasteiger partial charge in [0.1, 0.15) is 0 Å². The van der Waals surface area contributed by atoms with Crippen molar-refractivity contribution in [2.45, 2.75) is 6.42 Å². The molecular weight excluding hydrogens is 216 g/mol. The van der Waals surface area contributed by atoms with Crippen LogP contribution >= 0.6 is 11.6 Å². The van der Waals surface area contributed by atoms with Gasteiger partial charge in [-0.05, 0) is 24.3 Å². The summed E-state index contributed by atoms with van der Waals surface area (Å²) in [5, 5.41) is 9.87. The minimum absolute atomic E-state index is 0.0370. The lowest BCUT2D eigenvalue weighted by Gasteiger charge is -2.06. The molecule has 1 saturated heterocycles. The fraction of sp³-hybridized carbons (Fsp3) is 0.222. The molecule has 1 heterocycles. The molecule has 6 heteroatoms. The average molecular weight is 225 g/mol. The van der Waals surface area contributed by atoms with Gasteiger partial charge in [0, 0.05) is 11.4 Å². The number of benzene rings is 1. The Morgan fingerprint density at radius 3 is 2.67 bits per heavy atom. The maximum absolute atomic E-state index is 10.8. The molecule has 0 aromatic heterocycles. The summed E-state index contributed by atoms with van der Waals surface area (Å²) in [6, 6.07) is 6.98. The highest BCUT2D eigenvalue weighted by atomic mass is 35.5. The molecule has 0 radical (unpaired) electrons. The quantitative estimate of drug-likeness (QED) is 0.782. The van der Waals surface area contributed by atoms with Crippen LogP contribution in [0.1, 0.15) is 6.42 Å². The van der Waals surface area contributed by atoms with Crippen LogP contribution < -0.4 is 5.43 Å². The van der Waals surface area contributed by atoms with Crippen LogP contribution in [0.4, 0.5) is 5.69 Å². The Labute approximate surface area is 91.7 Å². The van der Waals surface area contributed by atoms with E-state index < -0.39 is 0 Å². The number of carbonyl (C=O) groups is 1. The molecule has 0 bridgehead atoms. The molecule has 1 aliphatic heterocycles. The first kappa shape index (κ1) is 9.92. The molecule has 15 heavy (non-hydrogen) atoms. The van der Waals surface area contributed by atoms with Crippen LogP contribution in [0.5, 0.6) is 0 Å². The average Bonchev–Trinajstić information content (AvgIpc) is 2.64. The fourth-order valence-corrected chi connectivity index (χ4v) is 1.27. The molecule has 1 fully saturated rings. The summed E-state index contributed by atoms with van der Waals surface area (Å²) in [5.41, 5.74) is 3.24. The zero-order valence-electron chi connectivity index (χ0n) is 7.85. The second kappa shape index (κ2) is 4.27. The van der Waals surface area contributed by atoms with Gasteiger partial charge in [0.2, 0.25) is 5.91 Å². The summed E-state index contributed by atoms with van der Waals surface area (Å²) in [6.07, 6.45) is 0.458. The second-order valence-corrected chi connectivity index (χ2v) is 3.51. The largest absolute Gasteiger partial charge is 0.273 e. The van der Waals surface area contributed by atoms with Gasteiger partial charge in [0.05, 0.1) is 12.2 Å². The summed E-state index contributed by atoms with van der Waals surface area (Å²) >= 11 is 5.72. The van der Waals surface area contributed by atoms with Crippen molar-refractivity contribution in [2.75, 3.05) is 6.54 Å². The molecule has 0 unspecified atom stereocenters. The van der Waals surface area contributed by atoms with Crippen LogP contribution in [0.25, 0.3) is 0 Å². The van der Waals surface area contributed by atoms with E-state index in [9.17, 15) is 4.79 Å². The summed E-state index contributed by atoms with van der Waals surface area (Å²) in [4.78, 5) is 10.8. The van der Waals surface area contributed by atoms with Crippen LogP contribution in [0.15, 0.2) is 34.6 Å². The lowest BCUT2D eigenvalue weighted by atomic mass is 10.3. The number of nitrogens with one attached hydrogen (secondary N) is 1. The lowest BCUT2D eigenvalue weighted by molar-refractivity contribution is -0.121. The van der Waals surface area contributed by atoms with Crippen molar-refractivity contribution in [1.29, 1.82) is 0 Å². The van der Waals surface area contributed by atoms with Gasteiger partial charge in [-0.3, -0.25) is 4.79 Å². The van der Waals surface area contributed by atoms with Crippen LogP contribution in [-0.4, -0.2) is 17.6 Å². The second-order valence-electron chi connectivity index (χ2n) is 3.07. The van der Waals surface area contributed by atoms with Crippen molar-refractivity contribution in [1.82, 2.24) is 10.5 Å². The third-order valence-corrected chi connectivity index (χ3v) is 2.15. The first-order valence-electron chi connectivity index (χ1n) is 4.48. The van der Waals surface area contributed by atoms with E-state index in [0.717, 1.165) is 0 Å². The fourth-order valence-electron chi connectivity index (χ4n) is 1.14. The highest BCUT2D eigenvalue weighted by Gasteiger charge is 2.16.